The molecule has 1 atom stereocenters. The molecule has 3 rings (SSSR count). The lowest BCUT2D eigenvalue weighted by atomic mass is 9.77. The van der Waals surface area contributed by atoms with E-state index in [1.54, 1.807) is 28.4 Å². The first-order valence-corrected chi connectivity index (χ1v) is 11.8. The van der Waals surface area contributed by atoms with Crippen molar-refractivity contribution < 1.29 is 28.5 Å². The lowest BCUT2D eigenvalue weighted by Crippen LogP contribution is -2.43. The number of aryl methyl sites for hydroxylation is 1. The minimum absolute atomic E-state index is 0. The molecule has 0 saturated heterocycles. The molecule has 0 amide bonds. The van der Waals surface area contributed by atoms with Crippen LogP contribution in [0.25, 0.3) is 0 Å². The van der Waals surface area contributed by atoms with Gasteiger partial charge in [0, 0.05) is 30.9 Å². The molecule has 0 bridgehead atoms. The molecule has 35 heavy (non-hydrogen) atoms. The van der Waals surface area contributed by atoms with Crippen LogP contribution in [-0.4, -0.2) is 53.1 Å². The lowest BCUT2D eigenvalue weighted by molar-refractivity contribution is -0.159. The third kappa shape index (κ3) is 7.18. The summed E-state index contributed by atoms with van der Waals surface area (Å²) in [6, 6.07) is 9.90. The van der Waals surface area contributed by atoms with Crippen LogP contribution in [0.5, 0.6) is 23.0 Å². The van der Waals surface area contributed by atoms with E-state index in [9.17, 15) is 4.79 Å². The van der Waals surface area contributed by atoms with Gasteiger partial charge in [-0.1, -0.05) is 6.07 Å². The molecule has 1 unspecified atom stereocenters. The summed E-state index contributed by atoms with van der Waals surface area (Å²) in [5.41, 5.74) is 2.88. The number of benzene rings is 2. The van der Waals surface area contributed by atoms with Crippen molar-refractivity contribution in [1.82, 2.24) is 5.32 Å². The molecule has 1 aliphatic carbocycles. The number of methoxy groups -OCH3 is 4. The standard InChI is InChI=1S/C27H37NO6.ClH/c1-19(29)34-27(13-12-21-22(18-27)24(31-3)11-10-23(21)30-2)14-16-28-15-6-7-20-8-9-25(32-4)26(17-20)33-5;/h8-11,17,28H,6-7,12-16,18H2,1-5H3;1H. The van der Waals surface area contributed by atoms with E-state index in [4.69, 9.17) is 23.7 Å². The largest absolute Gasteiger partial charge is 0.496 e. The van der Waals surface area contributed by atoms with Gasteiger partial charge in [0.15, 0.2) is 11.5 Å². The highest BCUT2D eigenvalue weighted by atomic mass is 35.5. The van der Waals surface area contributed by atoms with Crippen molar-refractivity contribution in [3.05, 3.63) is 47.0 Å². The van der Waals surface area contributed by atoms with Gasteiger partial charge in [-0.3, -0.25) is 4.79 Å². The third-order valence-electron chi connectivity index (χ3n) is 6.50. The summed E-state index contributed by atoms with van der Waals surface area (Å²) in [4.78, 5) is 12.0. The van der Waals surface area contributed by atoms with Gasteiger partial charge in [0.2, 0.25) is 0 Å². The van der Waals surface area contributed by atoms with E-state index >= 15 is 0 Å². The zero-order valence-electron chi connectivity index (χ0n) is 21.4. The quantitative estimate of drug-likeness (QED) is 0.334. The molecule has 0 aliphatic heterocycles. The molecule has 2 aromatic rings. The predicted octanol–water partition coefficient (Wildman–Crippen LogP) is 4.55. The zero-order valence-corrected chi connectivity index (χ0v) is 22.2. The second-order valence-corrected chi connectivity index (χ2v) is 8.67. The van der Waals surface area contributed by atoms with Crippen LogP contribution in [0.2, 0.25) is 0 Å². The zero-order chi connectivity index (χ0) is 24.6. The second-order valence-electron chi connectivity index (χ2n) is 8.67. The number of halogens is 1. The van der Waals surface area contributed by atoms with Gasteiger partial charge in [-0.25, -0.2) is 0 Å². The first-order chi connectivity index (χ1) is 16.4. The van der Waals surface area contributed by atoms with Crippen molar-refractivity contribution in [1.29, 1.82) is 0 Å². The first-order valence-electron chi connectivity index (χ1n) is 11.8. The second kappa shape index (κ2) is 13.4. The fourth-order valence-corrected chi connectivity index (χ4v) is 4.82. The Balaban J connectivity index is 0.00000432. The first kappa shape index (κ1) is 28.6. The molecule has 0 fully saturated rings. The van der Waals surface area contributed by atoms with E-state index in [0.29, 0.717) is 6.42 Å². The predicted molar refractivity (Wildman–Crippen MR) is 139 cm³/mol. The van der Waals surface area contributed by atoms with Crippen LogP contribution in [-0.2, 0) is 28.8 Å². The molecular formula is C27H38ClNO6. The highest BCUT2D eigenvalue weighted by molar-refractivity contribution is 5.85. The SMILES string of the molecule is COc1ccc(CCCNCCC2(OC(C)=O)CCc3c(OC)ccc(OC)c3C2)cc1OC.Cl. The summed E-state index contributed by atoms with van der Waals surface area (Å²) < 4.78 is 27.8. The van der Waals surface area contributed by atoms with E-state index in [1.165, 1.54) is 12.5 Å². The molecule has 0 heterocycles. The van der Waals surface area contributed by atoms with Crippen LogP contribution in [0.3, 0.4) is 0 Å². The number of nitrogens with one attached hydrogen (secondary N) is 1. The Morgan fingerprint density at radius 2 is 1.51 bits per heavy atom. The van der Waals surface area contributed by atoms with E-state index in [0.717, 1.165) is 79.3 Å². The molecule has 1 aliphatic rings. The number of hydrogen-bond acceptors (Lipinski definition) is 7. The molecule has 0 aromatic heterocycles. The number of rotatable bonds is 12. The molecular weight excluding hydrogens is 470 g/mol. The normalized spacial score (nSPS) is 16.5. The summed E-state index contributed by atoms with van der Waals surface area (Å²) in [7, 11) is 6.64. The lowest BCUT2D eigenvalue weighted by Gasteiger charge is -2.38. The highest BCUT2D eigenvalue weighted by Crippen LogP contribution is 2.42. The monoisotopic (exact) mass is 507 g/mol. The fraction of sp³-hybridized carbons (Fsp3) is 0.519. The summed E-state index contributed by atoms with van der Waals surface area (Å²) in [5.74, 6) is 2.92. The molecule has 0 radical (unpaired) electrons. The minimum Gasteiger partial charge on any atom is -0.496 e. The number of carbonyl (C=O) groups is 1. The molecule has 0 spiro atoms. The minimum atomic E-state index is -0.547. The van der Waals surface area contributed by atoms with Crippen molar-refractivity contribution in [2.75, 3.05) is 41.5 Å². The number of carbonyl (C=O) groups excluding carboxylic acids is 1. The van der Waals surface area contributed by atoms with Gasteiger partial charge in [0.05, 0.1) is 28.4 Å². The Morgan fingerprint density at radius 1 is 0.886 bits per heavy atom. The Bertz CT molecular complexity index is 982. The Morgan fingerprint density at radius 3 is 2.14 bits per heavy atom. The third-order valence-corrected chi connectivity index (χ3v) is 6.50. The van der Waals surface area contributed by atoms with Crippen molar-refractivity contribution in [2.24, 2.45) is 0 Å². The van der Waals surface area contributed by atoms with Crippen LogP contribution in [0.4, 0.5) is 0 Å². The Hall–Kier alpha value is -2.64. The van der Waals surface area contributed by atoms with Crippen molar-refractivity contribution in [3.63, 3.8) is 0 Å². The van der Waals surface area contributed by atoms with Gasteiger partial charge in [-0.2, -0.15) is 0 Å². The molecule has 8 heteroatoms. The Kier molecular flexibility index (Phi) is 11.0. The maximum atomic E-state index is 12.0. The summed E-state index contributed by atoms with van der Waals surface area (Å²) in [6.45, 7) is 3.12. The molecule has 0 saturated carbocycles. The van der Waals surface area contributed by atoms with Crippen LogP contribution in [0.15, 0.2) is 30.3 Å². The average Bonchev–Trinajstić information content (AvgIpc) is 2.84. The molecule has 194 valence electrons. The van der Waals surface area contributed by atoms with Gasteiger partial charge >= 0.3 is 5.97 Å². The molecule has 1 N–H and O–H groups in total. The maximum Gasteiger partial charge on any atom is 0.303 e. The van der Waals surface area contributed by atoms with Crippen LogP contribution >= 0.6 is 12.4 Å². The smallest absolute Gasteiger partial charge is 0.303 e. The maximum absolute atomic E-state index is 12.0. The fourth-order valence-electron chi connectivity index (χ4n) is 4.82. The van der Waals surface area contributed by atoms with Crippen molar-refractivity contribution >= 4 is 18.4 Å². The van der Waals surface area contributed by atoms with E-state index in [-0.39, 0.29) is 18.4 Å². The summed E-state index contributed by atoms with van der Waals surface area (Å²) in [6.07, 6.45) is 4.83. The topological polar surface area (TPSA) is 75.3 Å². The van der Waals surface area contributed by atoms with Gasteiger partial charge in [0.1, 0.15) is 17.1 Å². The summed E-state index contributed by atoms with van der Waals surface area (Å²) in [5, 5.41) is 3.52. The van der Waals surface area contributed by atoms with Crippen LogP contribution in [0, 0.1) is 0 Å². The van der Waals surface area contributed by atoms with Crippen LogP contribution < -0.4 is 24.3 Å². The van der Waals surface area contributed by atoms with Gasteiger partial charge in [-0.15, -0.1) is 12.4 Å². The number of fused-ring (bicyclic) bond motifs is 1. The number of esters is 1. The number of ether oxygens (including phenoxy) is 5. The van der Waals surface area contributed by atoms with Crippen LogP contribution in [0.1, 0.15) is 42.9 Å². The van der Waals surface area contributed by atoms with Crippen molar-refractivity contribution in [3.8, 4) is 23.0 Å². The molecule has 7 nitrogen and oxygen atoms in total. The van der Waals surface area contributed by atoms with Gasteiger partial charge in [-0.05, 0) is 68.6 Å². The average molecular weight is 508 g/mol. The Labute approximate surface area is 214 Å². The van der Waals surface area contributed by atoms with Gasteiger partial charge in [0.25, 0.3) is 0 Å². The molecule has 2 aromatic carbocycles. The van der Waals surface area contributed by atoms with Gasteiger partial charge < -0.3 is 29.0 Å². The van der Waals surface area contributed by atoms with Crippen molar-refractivity contribution in [2.45, 2.75) is 51.0 Å². The van der Waals surface area contributed by atoms with E-state index in [1.807, 2.05) is 24.3 Å². The summed E-state index contributed by atoms with van der Waals surface area (Å²) >= 11 is 0. The van der Waals surface area contributed by atoms with E-state index < -0.39 is 5.60 Å². The highest BCUT2D eigenvalue weighted by Gasteiger charge is 2.39. The number of hydrogen-bond donors (Lipinski definition) is 1. The van der Waals surface area contributed by atoms with E-state index in [2.05, 4.69) is 11.4 Å².